The van der Waals surface area contributed by atoms with E-state index in [4.69, 9.17) is 4.74 Å². The van der Waals surface area contributed by atoms with Gasteiger partial charge in [-0.15, -0.1) is 11.8 Å². The monoisotopic (exact) mass is 336 g/mol. The number of fused-ring (bicyclic) bond motifs is 1. The van der Waals surface area contributed by atoms with Gasteiger partial charge in [-0.25, -0.2) is 0 Å². The molecule has 0 amide bonds. The second-order valence-corrected chi connectivity index (χ2v) is 7.75. The fourth-order valence-electron chi connectivity index (χ4n) is 2.97. The van der Waals surface area contributed by atoms with Crippen LogP contribution in [0.2, 0.25) is 0 Å². The molecule has 1 fully saturated rings. The zero-order chi connectivity index (χ0) is 14.4. The van der Waals surface area contributed by atoms with Crippen LogP contribution in [0.15, 0.2) is 45.1 Å². The molecule has 4 rings (SSSR count). The van der Waals surface area contributed by atoms with Crippen molar-refractivity contribution in [3.8, 4) is 0 Å². The Balaban J connectivity index is 1.76. The zero-order valence-corrected chi connectivity index (χ0v) is 13.3. The predicted molar refractivity (Wildman–Crippen MR) is 85.4 cm³/mol. The number of ether oxygens (including phenoxy) is 1. The van der Waals surface area contributed by atoms with E-state index in [-0.39, 0.29) is 17.3 Å². The van der Waals surface area contributed by atoms with Gasteiger partial charge in [-0.1, -0.05) is 6.08 Å². The van der Waals surface area contributed by atoms with Crippen molar-refractivity contribution in [2.75, 3.05) is 0 Å². The highest BCUT2D eigenvalue weighted by Gasteiger charge is 2.62. The van der Waals surface area contributed by atoms with Crippen molar-refractivity contribution in [3.63, 3.8) is 0 Å². The summed E-state index contributed by atoms with van der Waals surface area (Å²) in [6.07, 6.45) is 0.660. The number of carbonyl (C=O) groups excluding carboxylic acids is 1. The second kappa shape index (κ2) is 4.98. The van der Waals surface area contributed by atoms with Crippen molar-refractivity contribution in [2.24, 2.45) is 5.41 Å². The van der Waals surface area contributed by atoms with Gasteiger partial charge >= 0.3 is 5.97 Å². The Bertz CT molecular complexity index is 677. The maximum absolute atomic E-state index is 12.6. The van der Waals surface area contributed by atoms with E-state index < -0.39 is 11.5 Å². The molecule has 0 bridgehead atoms. The summed E-state index contributed by atoms with van der Waals surface area (Å²) in [7, 11) is 0. The predicted octanol–water partition coefficient (Wildman–Crippen LogP) is 3.76. The number of hydrogen-bond acceptors (Lipinski definition) is 6. The number of thiophene rings is 2. The molecular formula is C15H12O3S3. The van der Waals surface area contributed by atoms with Gasteiger partial charge in [0.1, 0.15) is 17.6 Å². The van der Waals surface area contributed by atoms with E-state index in [1.165, 1.54) is 11.3 Å². The largest absolute Gasteiger partial charge is 0.455 e. The maximum atomic E-state index is 12.6. The van der Waals surface area contributed by atoms with Crippen LogP contribution in [0.5, 0.6) is 0 Å². The third-order valence-corrected chi connectivity index (χ3v) is 6.71. The van der Waals surface area contributed by atoms with Gasteiger partial charge in [-0.2, -0.15) is 22.7 Å². The minimum Gasteiger partial charge on any atom is -0.455 e. The Morgan fingerprint density at radius 3 is 2.76 bits per heavy atom. The molecule has 2 aliphatic rings. The Hall–Kier alpha value is -1.08. The lowest BCUT2D eigenvalue weighted by atomic mass is 9.76. The summed E-state index contributed by atoms with van der Waals surface area (Å²) in [5.41, 5.74) is 0.812. The Morgan fingerprint density at radius 1 is 1.24 bits per heavy atom. The SMILES string of the molecule is O=C1O[C@@H](c2ccsc2)[C@H]2SC=C[C@@]12C(O)c1ccsc1. The molecule has 0 radical (unpaired) electrons. The second-order valence-electron chi connectivity index (χ2n) is 5.13. The van der Waals surface area contributed by atoms with Crippen LogP contribution in [0.1, 0.15) is 23.3 Å². The van der Waals surface area contributed by atoms with Crippen LogP contribution in [0, 0.1) is 5.41 Å². The first kappa shape index (κ1) is 13.6. The van der Waals surface area contributed by atoms with Gasteiger partial charge in [0, 0.05) is 5.56 Å². The number of esters is 1. The molecule has 108 valence electrons. The zero-order valence-electron chi connectivity index (χ0n) is 10.8. The van der Waals surface area contributed by atoms with E-state index >= 15 is 0 Å². The summed E-state index contributed by atoms with van der Waals surface area (Å²) < 4.78 is 5.63. The molecule has 2 aliphatic heterocycles. The molecule has 0 aromatic carbocycles. The standard InChI is InChI=1S/C15H12O3S3/c16-12(10-2-5-20-8-10)15-3-6-21-13(15)11(18-14(15)17)9-1-4-19-7-9/h1-8,11-13,16H/t11-,12?,13+,15-/m0/s1. The lowest BCUT2D eigenvalue weighted by Gasteiger charge is -2.28. The molecule has 0 aliphatic carbocycles. The molecule has 4 heterocycles. The number of thioether (sulfide) groups is 1. The van der Waals surface area contributed by atoms with Gasteiger partial charge in [0.15, 0.2) is 0 Å². The quantitative estimate of drug-likeness (QED) is 0.867. The molecule has 0 spiro atoms. The molecule has 1 unspecified atom stereocenters. The third-order valence-electron chi connectivity index (χ3n) is 4.09. The van der Waals surface area contributed by atoms with E-state index in [9.17, 15) is 9.90 Å². The summed E-state index contributed by atoms with van der Waals surface area (Å²) >= 11 is 4.67. The van der Waals surface area contributed by atoms with Crippen LogP contribution in [0.4, 0.5) is 0 Å². The Kier molecular flexibility index (Phi) is 3.22. The first-order chi connectivity index (χ1) is 10.2. The molecule has 1 saturated heterocycles. The van der Waals surface area contributed by atoms with Gasteiger partial charge in [0.2, 0.25) is 0 Å². The number of rotatable bonds is 3. The molecule has 2 aromatic heterocycles. The van der Waals surface area contributed by atoms with Crippen molar-refractivity contribution in [1.82, 2.24) is 0 Å². The summed E-state index contributed by atoms with van der Waals surface area (Å²) in [5, 5.41) is 20.4. The fraction of sp³-hybridized carbons (Fsp3) is 0.267. The van der Waals surface area contributed by atoms with Crippen LogP contribution in [0.3, 0.4) is 0 Å². The van der Waals surface area contributed by atoms with E-state index in [1.54, 1.807) is 23.1 Å². The number of aliphatic hydroxyl groups is 1. The normalized spacial score (nSPS) is 32.1. The third kappa shape index (κ3) is 1.86. The fourth-order valence-corrected chi connectivity index (χ4v) is 5.69. The van der Waals surface area contributed by atoms with Crippen LogP contribution in [0.25, 0.3) is 0 Å². The van der Waals surface area contributed by atoms with E-state index in [0.29, 0.717) is 0 Å². The Labute approximate surface area is 134 Å². The summed E-state index contributed by atoms with van der Waals surface area (Å²) in [6, 6.07) is 3.84. The average Bonchev–Trinajstić information content (AvgIpc) is 3.26. The number of hydrogen-bond donors (Lipinski definition) is 1. The number of cyclic esters (lactones) is 1. The summed E-state index contributed by atoms with van der Waals surface area (Å²) in [4.78, 5) is 12.6. The van der Waals surface area contributed by atoms with Crippen molar-refractivity contribution in [2.45, 2.75) is 17.5 Å². The first-order valence-electron chi connectivity index (χ1n) is 6.50. The number of aliphatic hydroxyl groups excluding tert-OH is 1. The van der Waals surface area contributed by atoms with Crippen LogP contribution < -0.4 is 0 Å². The van der Waals surface area contributed by atoms with Crippen molar-refractivity contribution < 1.29 is 14.6 Å². The average molecular weight is 336 g/mol. The van der Waals surface area contributed by atoms with Crippen molar-refractivity contribution in [3.05, 3.63) is 56.3 Å². The van der Waals surface area contributed by atoms with E-state index in [1.807, 2.05) is 45.1 Å². The topological polar surface area (TPSA) is 46.5 Å². The minimum absolute atomic E-state index is 0.116. The Morgan fingerprint density at radius 2 is 2.05 bits per heavy atom. The highest BCUT2D eigenvalue weighted by atomic mass is 32.2. The molecule has 1 N–H and O–H groups in total. The smallest absolute Gasteiger partial charge is 0.320 e. The maximum Gasteiger partial charge on any atom is 0.320 e. The van der Waals surface area contributed by atoms with Gasteiger partial charge in [-0.3, -0.25) is 4.79 Å². The molecule has 21 heavy (non-hydrogen) atoms. The van der Waals surface area contributed by atoms with Crippen LogP contribution in [-0.2, 0) is 9.53 Å². The highest BCUT2D eigenvalue weighted by molar-refractivity contribution is 8.03. The molecule has 4 atom stereocenters. The van der Waals surface area contributed by atoms with E-state index in [0.717, 1.165) is 11.1 Å². The lowest BCUT2D eigenvalue weighted by molar-refractivity contribution is -0.151. The highest BCUT2D eigenvalue weighted by Crippen LogP contribution is 2.59. The van der Waals surface area contributed by atoms with Gasteiger partial charge in [-0.05, 0) is 44.6 Å². The van der Waals surface area contributed by atoms with Crippen molar-refractivity contribution in [1.29, 1.82) is 0 Å². The van der Waals surface area contributed by atoms with E-state index in [2.05, 4.69) is 0 Å². The summed E-state index contributed by atoms with van der Waals surface area (Å²) in [6.45, 7) is 0. The van der Waals surface area contributed by atoms with Gasteiger partial charge in [0.05, 0.1) is 5.25 Å². The minimum atomic E-state index is -0.974. The molecule has 0 saturated carbocycles. The van der Waals surface area contributed by atoms with Crippen LogP contribution >= 0.6 is 34.4 Å². The molecule has 6 heteroatoms. The van der Waals surface area contributed by atoms with Gasteiger partial charge < -0.3 is 9.84 Å². The molecule has 3 nitrogen and oxygen atoms in total. The van der Waals surface area contributed by atoms with Crippen LogP contribution in [-0.4, -0.2) is 16.3 Å². The molecular weight excluding hydrogens is 324 g/mol. The number of carbonyl (C=O) groups is 1. The lowest BCUT2D eigenvalue weighted by Crippen LogP contribution is -2.37. The summed E-state index contributed by atoms with van der Waals surface area (Å²) in [5.74, 6) is -0.330. The molecule has 2 aromatic rings. The first-order valence-corrected chi connectivity index (χ1v) is 9.33. The van der Waals surface area contributed by atoms with Gasteiger partial charge in [0.25, 0.3) is 0 Å². The van der Waals surface area contributed by atoms with Crippen molar-refractivity contribution >= 4 is 40.4 Å².